The maximum atomic E-state index is 11.7. The van der Waals surface area contributed by atoms with E-state index in [-0.39, 0.29) is 5.91 Å². The summed E-state index contributed by atoms with van der Waals surface area (Å²) < 4.78 is 11.4. The van der Waals surface area contributed by atoms with Crippen molar-refractivity contribution in [2.75, 3.05) is 20.3 Å². The first-order valence-electron chi connectivity index (χ1n) is 5.82. The van der Waals surface area contributed by atoms with E-state index in [0.29, 0.717) is 18.9 Å². The van der Waals surface area contributed by atoms with Gasteiger partial charge in [-0.1, -0.05) is 15.9 Å². The maximum absolute atomic E-state index is 11.7. The fourth-order valence-electron chi connectivity index (χ4n) is 1.34. The van der Waals surface area contributed by atoms with Gasteiger partial charge in [0.25, 0.3) is 5.91 Å². The van der Waals surface area contributed by atoms with Crippen LogP contribution in [0.5, 0.6) is 5.75 Å². The number of hydrogen-bond acceptors (Lipinski definition) is 3. The lowest BCUT2D eigenvalue weighted by Crippen LogP contribution is -2.37. The van der Waals surface area contributed by atoms with Crippen LogP contribution in [0, 0.1) is 0 Å². The molecule has 0 fully saturated rings. The van der Waals surface area contributed by atoms with Crippen molar-refractivity contribution >= 4 is 21.8 Å². The fourth-order valence-corrected chi connectivity index (χ4v) is 1.61. The predicted octanol–water partition coefficient (Wildman–Crippen LogP) is 2.37. The van der Waals surface area contributed by atoms with Gasteiger partial charge >= 0.3 is 0 Å². The van der Waals surface area contributed by atoms with Crippen molar-refractivity contribution in [2.45, 2.75) is 19.4 Å². The number of nitrogens with one attached hydrogen (secondary N) is 1. The highest BCUT2D eigenvalue weighted by molar-refractivity contribution is 9.10. The number of carbonyl (C=O) groups is 1. The second-order valence-electron chi connectivity index (χ2n) is 3.85. The molecule has 0 heterocycles. The first kappa shape index (κ1) is 15.0. The summed E-state index contributed by atoms with van der Waals surface area (Å²) in [7, 11) is 1.64. The van der Waals surface area contributed by atoms with Crippen molar-refractivity contribution in [1.82, 2.24) is 5.32 Å². The molecular weight excluding hydrogens is 298 g/mol. The molecular formula is C13H18BrNO3. The lowest BCUT2D eigenvalue weighted by atomic mass is 10.3. The highest BCUT2D eigenvalue weighted by Gasteiger charge is 2.13. The van der Waals surface area contributed by atoms with Crippen molar-refractivity contribution in [1.29, 1.82) is 0 Å². The zero-order valence-corrected chi connectivity index (χ0v) is 12.2. The molecule has 1 aromatic rings. The third kappa shape index (κ3) is 5.51. The summed E-state index contributed by atoms with van der Waals surface area (Å²) in [6, 6.07) is 7.38. The minimum Gasteiger partial charge on any atom is -0.481 e. The van der Waals surface area contributed by atoms with Gasteiger partial charge in [0.2, 0.25) is 0 Å². The Morgan fingerprint density at radius 1 is 1.39 bits per heavy atom. The summed E-state index contributed by atoms with van der Waals surface area (Å²) >= 11 is 3.34. The van der Waals surface area contributed by atoms with Crippen LogP contribution in [-0.2, 0) is 9.53 Å². The topological polar surface area (TPSA) is 47.6 Å². The Labute approximate surface area is 116 Å². The highest BCUT2D eigenvalue weighted by Crippen LogP contribution is 2.17. The Morgan fingerprint density at radius 2 is 2.06 bits per heavy atom. The van der Waals surface area contributed by atoms with Crippen LogP contribution in [-0.4, -0.2) is 32.3 Å². The molecule has 0 aliphatic carbocycles. The normalized spacial score (nSPS) is 11.9. The molecule has 0 radical (unpaired) electrons. The molecule has 1 N–H and O–H groups in total. The summed E-state index contributed by atoms with van der Waals surface area (Å²) in [6.07, 6.45) is 0.293. The summed E-state index contributed by atoms with van der Waals surface area (Å²) in [5, 5.41) is 2.80. The molecule has 0 spiro atoms. The highest BCUT2D eigenvalue weighted by atomic mass is 79.9. The van der Waals surface area contributed by atoms with Gasteiger partial charge in [0.1, 0.15) is 5.75 Å². The van der Waals surface area contributed by atoms with Crippen LogP contribution in [0.2, 0.25) is 0 Å². The van der Waals surface area contributed by atoms with Gasteiger partial charge in [0.15, 0.2) is 6.10 Å². The Bertz CT molecular complexity index is 367. The van der Waals surface area contributed by atoms with Crippen LogP contribution in [0.15, 0.2) is 28.7 Å². The molecule has 100 valence electrons. The molecule has 4 nitrogen and oxygen atoms in total. The maximum Gasteiger partial charge on any atom is 0.260 e. The lowest BCUT2D eigenvalue weighted by molar-refractivity contribution is -0.127. The predicted molar refractivity (Wildman–Crippen MR) is 73.7 cm³/mol. The van der Waals surface area contributed by atoms with Gasteiger partial charge in [-0.05, 0) is 37.6 Å². The molecule has 0 bridgehead atoms. The van der Waals surface area contributed by atoms with Crippen molar-refractivity contribution in [3.63, 3.8) is 0 Å². The summed E-state index contributed by atoms with van der Waals surface area (Å²) in [5.41, 5.74) is 0. The van der Waals surface area contributed by atoms with Gasteiger partial charge in [-0.3, -0.25) is 4.79 Å². The Morgan fingerprint density at radius 3 is 2.67 bits per heavy atom. The molecule has 1 rings (SSSR count). The van der Waals surface area contributed by atoms with Gasteiger partial charge in [-0.15, -0.1) is 0 Å². The van der Waals surface area contributed by atoms with Gasteiger partial charge in [-0.25, -0.2) is 0 Å². The van der Waals surface area contributed by atoms with Crippen LogP contribution < -0.4 is 10.1 Å². The minimum absolute atomic E-state index is 0.117. The van der Waals surface area contributed by atoms with Gasteiger partial charge < -0.3 is 14.8 Å². The quantitative estimate of drug-likeness (QED) is 0.786. The van der Waals surface area contributed by atoms with E-state index in [1.54, 1.807) is 14.0 Å². The van der Waals surface area contributed by atoms with Gasteiger partial charge in [-0.2, -0.15) is 0 Å². The average molecular weight is 316 g/mol. The molecule has 1 amide bonds. The first-order chi connectivity index (χ1) is 8.63. The Balaban J connectivity index is 2.33. The number of amides is 1. The number of rotatable bonds is 7. The minimum atomic E-state index is -0.506. The van der Waals surface area contributed by atoms with Crippen molar-refractivity contribution in [3.8, 4) is 5.75 Å². The third-order valence-corrected chi connectivity index (χ3v) is 2.85. The Kier molecular flexibility index (Phi) is 6.75. The van der Waals surface area contributed by atoms with E-state index in [2.05, 4.69) is 21.2 Å². The van der Waals surface area contributed by atoms with Crippen molar-refractivity contribution in [2.24, 2.45) is 0 Å². The van der Waals surface area contributed by atoms with E-state index in [1.807, 2.05) is 24.3 Å². The second-order valence-corrected chi connectivity index (χ2v) is 4.77. The van der Waals surface area contributed by atoms with E-state index >= 15 is 0 Å². The second kappa shape index (κ2) is 8.11. The molecule has 0 saturated carbocycles. The van der Waals surface area contributed by atoms with E-state index in [1.165, 1.54) is 0 Å². The number of hydrogen-bond donors (Lipinski definition) is 1. The van der Waals surface area contributed by atoms with E-state index in [4.69, 9.17) is 9.47 Å². The molecule has 18 heavy (non-hydrogen) atoms. The van der Waals surface area contributed by atoms with E-state index in [9.17, 15) is 4.79 Å². The summed E-state index contributed by atoms with van der Waals surface area (Å²) in [5.74, 6) is 0.562. The molecule has 0 aliphatic rings. The van der Waals surface area contributed by atoms with Crippen molar-refractivity contribution in [3.05, 3.63) is 28.7 Å². The third-order valence-electron chi connectivity index (χ3n) is 2.32. The zero-order valence-electron chi connectivity index (χ0n) is 10.6. The van der Waals surface area contributed by atoms with Gasteiger partial charge in [0.05, 0.1) is 0 Å². The molecule has 5 heteroatoms. The van der Waals surface area contributed by atoms with Crippen LogP contribution in [0.3, 0.4) is 0 Å². The number of ether oxygens (including phenoxy) is 2. The number of methoxy groups -OCH3 is 1. The molecule has 0 saturated heterocycles. The fraction of sp³-hybridized carbons (Fsp3) is 0.462. The number of carbonyl (C=O) groups excluding carboxylic acids is 1. The molecule has 0 unspecified atom stereocenters. The van der Waals surface area contributed by atoms with Crippen LogP contribution in [0.1, 0.15) is 13.3 Å². The van der Waals surface area contributed by atoms with E-state index in [0.717, 1.165) is 10.9 Å². The first-order valence-corrected chi connectivity index (χ1v) is 6.61. The van der Waals surface area contributed by atoms with E-state index < -0.39 is 6.10 Å². The molecule has 1 atom stereocenters. The zero-order chi connectivity index (χ0) is 13.4. The molecule has 0 aliphatic heterocycles. The average Bonchev–Trinajstić information content (AvgIpc) is 2.37. The molecule has 1 aromatic carbocycles. The number of halogens is 1. The SMILES string of the molecule is COCCCNC(=O)[C@@H](C)Oc1ccc(Br)cc1. The summed E-state index contributed by atoms with van der Waals surface area (Å²) in [6.45, 7) is 2.97. The van der Waals surface area contributed by atoms with Crippen LogP contribution in [0.25, 0.3) is 0 Å². The standard InChI is InChI=1S/C13H18BrNO3/c1-10(13(16)15-8-3-9-17-2)18-12-6-4-11(14)5-7-12/h4-7,10H,3,8-9H2,1-2H3,(H,15,16)/t10-/m1/s1. The van der Waals surface area contributed by atoms with Gasteiger partial charge in [0, 0.05) is 24.7 Å². The number of benzene rings is 1. The monoisotopic (exact) mass is 315 g/mol. The molecule has 0 aromatic heterocycles. The Hall–Kier alpha value is -1.07. The largest absolute Gasteiger partial charge is 0.481 e. The lowest BCUT2D eigenvalue weighted by Gasteiger charge is -2.14. The van der Waals surface area contributed by atoms with Crippen LogP contribution in [0.4, 0.5) is 0 Å². The van der Waals surface area contributed by atoms with Crippen LogP contribution >= 0.6 is 15.9 Å². The smallest absolute Gasteiger partial charge is 0.260 e. The summed E-state index contributed by atoms with van der Waals surface area (Å²) in [4.78, 5) is 11.7. The van der Waals surface area contributed by atoms with Crippen molar-refractivity contribution < 1.29 is 14.3 Å².